The van der Waals surface area contributed by atoms with Gasteiger partial charge in [-0.05, 0) is 17.7 Å². The fourth-order valence-corrected chi connectivity index (χ4v) is 3.48. The summed E-state index contributed by atoms with van der Waals surface area (Å²) in [7, 11) is -12.7. The minimum Gasteiger partial charge on any atom is -0.427 e. The monoisotopic (exact) mass is 431 g/mol. The van der Waals surface area contributed by atoms with Crippen molar-refractivity contribution in [3.8, 4) is 5.75 Å². The Labute approximate surface area is 143 Å². The third-order valence-corrected chi connectivity index (χ3v) is 5.73. The van der Waals surface area contributed by atoms with Gasteiger partial charge in [-0.1, -0.05) is 24.8 Å². The normalized spacial score (nSPS) is 13.9. The summed E-state index contributed by atoms with van der Waals surface area (Å²) in [5.74, 6) is -1.03. The molecular formula is C11H8F7NO5S2. The summed E-state index contributed by atoms with van der Waals surface area (Å²) in [4.78, 5) is 0. The Morgan fingerprint density at radius 3 is 1.81 bits per heavy atom. The Balaban J connectivity index is 3.36. The van der Waals surface area contributed by atoms with Gasteiger partial charge >= 0.3 is 27.7 Å². The van der Waals surface area contributed by atoms with Crippen LogP contribution in [0, 0.1) is 0 Å². The molecule has 0 amide bonds. The number of benzene rings is 1. The highest BCUT2D eigenvalue weighted by Crippen LogP contribution is 2.44. The fraction of sp³-hybridized carbons (Fsp3) is 0.273. The van der Waals surface area contributed by atoms with Gasteiger partial charge in [0.2, 0.25) is 10.9 Å². The third kappa shape index (κ3) is 4.09. The highest BCUT2D eigenvalue weighted by molar-refractivity contribution is 7.98. The quantitative estimate of drug-likeness (QED) is 0.408. The van der Waals surface area contributed by atoms with Crippen LogP contribution in [0.5, 0.6) is 5.75 Å². The first-order chi connectivity index (χ1) is 11.6. The molecule has 6 nitrogen and oxygen atoms in total. The summed E-state index contributed by atoms with van der Waals surface area (Å²) >= 11 is 0. The molecule has 0 aliphatic carbocycles. The van der Waals surface area contributed by atoms with Crippen LogP contribution in [0.25, 0.3) is 6.08 Å². The van der Waals surface area contributed by atoms with Crippen LogP contribution in [0.2, 0.25) is 0 Å². The predicted octanol–water partition coefficient (Wildman–Crippen LogP) is 2.57. The van der Waals surface area contributed by atoms with E-state index >= 15 is 0 Å². The molecule has 0 bridgehead atoms. The summed E-state index contributed by atoms with van der Waals surface area (Å²) in [5, 5.41) is -6.58. The second-order valence-electron chi connectivity index (χ2n) is 4.36. The van der Waals surface area contributed by atoms with Crippen LogP contribution in [-0.2, 0) is 20.9 Å². The van der Waals surface area contributed by atoms with Gasteiger partial charge in [0.25, 0.3) is 0 Å². The van der Waals surface area contributed by atoms with Crippen molar-refractivity contribution in [2.45, 2.75) is 17.7 Å². The number of thiol groups is 1. The van der Waals surface area contributed by atoms with Crippen molar-refractivity contribution in [3.05, 3.63) is 36.4 Å². The van der Waals surface area contributed by atoms with E-state index in [2.05, 4.69) is 11.3 Å². The summed E-state index contributed by atoms with van der Waals surface area (Å²) in [6, 6.07) is 3.45. The molecule has 0 aliphatic heterocycles. The maximum absolute atomic E-state index is 13.7. The van der Waals surface area contributed by atoms with Gasteiger partial charge in [-0.25, -0.2) is 16.8 Å². The largest absolute Gasteiger partial charge is 0.487 e. The fourth-order valence-electron chi connectivity index (χ4n) is 1.45. The number of hydrogen-bond donors (Lipinski definition) is 1. The highest BCUT2D eigenvalue weighted by Gasteiger charge is 2.74. The number of hydrogen-bond acceptors (Lipinski definition) is 5. The molecule has 0 saturated carbocycles. The Morgan fingerprint density at radius 2 is 1.46 bits per heavy atom. The molecule has 0 spiro atoms. The lowest BCUT2D eigenvalue weighted by molar-refractivity contribution is -0.276. The summed E-state index contributed by atoms with van der Waals surface area (Å²) < 4.78 is 136. The van der Waals surface area contributed by atoms with Crippen LogP contribution in [-0.4, -0.2) is 38.2 Å². The van der Waals surface area contributed by atoms with Gasteiger partial charge in [-0.3, -0.25) is 0 Å². The Morgan fingerprint density at radius 1 is 1.00 bits per heavy atom. The molecule has 1 rings (SSSR count). The maximum atomic E-state index is 13.7. The van der Waals surface area contributed by atoms with Crippen molar-refractivity contribution in [3.63, 3.8) is 0 Å². The molecular weight excluding hydrogens is 423 g/mol. The number of alkyl halides is 7. The lowest BCUT2D eigenvalue weighted by Crippen LogP contribution is -2.58. The van der Waals surface area contributed by atoms with Crippen molar-refractivity contribution in [2.75, 3.05) is 0 Å². The minimum absolute atomic E-state index is 0.326. The summed E-state index contributed by atoms with van der Waals surface area (Å²) in [6.07, 6.45) is -11.2. The molecule has 148 valence electrons. The molecule has 26 heavy (non-hydrogen) atoms. The lowest BCUT2D eigenvalue weighted by Gasteiger charge is -2.29. The Bertz CT molecular complexity index is 839. The van der Waals surface area contributed by atoms with E-state index in [1.165, 1.54) is 6.08 Å². The van der Waals surface area contributed by atoms with Crippen LogP contribution in [0.3, 0.4) is 0 Å². The first-order valence-corrected chi connectivity index (χ1v) is 8.58. The zero-order valence-corrected chi connectivity index (χ0v) is 13.8. The molecule has 0 radical (unpaired) electrons. The van der Waals surface area contributed by atoms with Crippen molar-refractivity contribution in [2.24, 2.45) is 0 Å². The van der Waals surface area contributed by atoms with Crippen LogP contribution in [0.15, 0.2) is 30.8 Å². The number of ether oxygens (including phenoxy) is 1. The Hall–Kier alpha value is -1.87. The van der Waals surface area contributed by atoms with Crippen LogP contribution in [0.1, 0.15) is 5.56 Å². The van der Waals surface area contributed by atoms with Crippen LogP contribution in [0.4, 0.5) is 30.7 Å². The van der Waals surface area contributed by atoms with E-state index < -0.39 is 48.0 Å². The number of rotatable bonds is 7. The van der Waals surface area contributed by atoms with E-state index in [-0.39, 0.29) is 0 Å². The first-order valence-electron chi connectivity index (χ1n) is 6.01. The van der Waals surface area contributed by atoms with E-state index in [0.29, 0.717) is 17.7 Å². The number of sulfonamides is 1. The third-order valence-electron chi connectivity index (χ3n) is 2.62. The van der Waals surface area contributed by atoms with Crippen molar-refractivity contribution in [1.82, 2.24) is 3.71 Å². The maximum Gasteiger partial charge on any atom is 0.487 e. The molecule has 15 heteroatoms. The molecule has 1 aromatic carbocycles. The molecule has 0 unspecified atom stereocenters. The van der Waals surface area contributed by atoms with Gasteiger partial charge in [0.15, 0.2) is 0 Å². The van der Waals surface area contributed by atoms with E-state index in [4.69, 9.17) is 0 Å². The van der Waals surface area contributed by atoms with E-state index in [9.17, 15) is 47.6 Å². The lowest BCUT2D eigenvalue weighted by atomic mass is 10.2. The molecule has 0 aliphatic rings. The van der Waals surface area contributed by atoms with Gasteiger partial charge in [0, 0.05) is 3.71 Å². The average Bonchev–Trinajstić information content (AvgIpc) is 2.44. The Kier molecular flexibility index (Phi) is 6.00. The van der Waals surface area contributed by atoms with Crippen molar-refractivity contribution >= 4 is 27.0 Å². The van der Waals surface area contributed by atoms with Crippen molar-refractivity contribution < 1.29 is 52.3 Å². The first kappa shape index (κ1) is 22.2. The molecule has 0 atom stereocenters. The zero-order valence-electron chi connectivity index (χ0n) is 12.1. The molecule has 0 fully saturated rings. The highest BCUT2D eigenvalue weighted by atomic mass is 32.3. The van der Waals surface area contributed by atoms with E-state index in [1.54, 1.807) is 0 Å². The second-order valence-corrected chi connectivity index (χ2v) is 7.34. The second kappa shape index (κ2) is 7.03. The molecule has 1 aromatic rings. The topological polar surface area (TPSA) is 80.8 Å². The molecule has 0 N–H and O–H groups in total. The average molecular weight is 431 g/mol. The minimum atomic E-state index is -7.46. The van der Waals surface area contributed by atoms with Gasteiger partial charge in [-0.2, -0.15) is 30.7 Å². The standard InChI is InChI=1S/C11H8F7NO5S2/c1-2-7-3-5-8(6-4-7)24-9(12,13)10(14,15)26(22,23)19(25(20)21)11(16,17)18/h2-6,25H,1H2. The summed E-state index contributed by atoms with van der Waals surface area (Å²) in [5.41, 5.74) is 0.326. The van der Waals surface area contributed by atoms with E-state index in [0.717, 1.165) is 12.1 Å². The molecule has 0 saturated heterocycles. The summed E-state index contributed by atoms with van der Waals surface area (Å²) in [6.45, 7) is 3.31. The number of nitrogens with zero attached hydrogens (tertiary/aromatic N) is 1. The number of halogens is 7. The van der Waals surface area contributed by atoms with Gasteiger partial charge < -0.3 is 4.74 Å². The van der Waals surface area contributed by atoms with Gasteiger partial charge in [-0.15, -0.1) is 0 Å². The smallest absolute Gasteiger partial charge is 0.427 e. The molecule has 0 heterocycles. The van der Waals surface area contributed by atoms with Gasteiger partial charge in [0.1, 0.15) is 5.75 Å². The van der Waals surface area contributed by atoms with Crippen LogP contribution < -0.4 is 4.74 Å². The van der Waals surface area contributed by atoms with Gasteiger partial charge in [0.05, 0.1) is 0 Å². The van der Waals surface area contributed by atoms with Crippen LogP contribution >= 0.6 is 0 Å². The molecule has 0 aromatic heterocycles. The zero-order chi connectivity index (χ0) is 20.6. The SMILES string of the molecule is C=Cc1ccc(OC(F)(F)C(F)(F)S(=O)(=O)N([SH](=O)=O)C(F)(F)F)cc1. The predicted molar refractivity (Wildman–Crippen MR) is 74.2 cm³/mol. The van der Waals surface area contributed by atoms with E-state index in [1.807, 2.05) is 0 Å². The van der Waals surface area contributed by atoms with Crippen molar-refractivity contribution in [1.29, 1.82) is 0 Å².